The summed E-state index contributed by atoms with van der Waals surface area (Å²) in [4.78, 5) is 10.1. The van der Waals surface area contributed by atoms with Crippen LogP contribution in [-0.4, -0.2) is 14.4 Å². The molecular weight excluding hydrogens is 607 g/mol. The Hall–Kier alpha value is -6.58. The summed E-state index contributed by atoms with van der Waals surface area (Å²) in [5, 5.41) is 4.56. The number of hydrogen-bond donors (Lipinski definition) is 0. The monoisotopic (exact) mass is 633 g/mol. The number of para-hydroxylation sites is 2. The number of rotatable bonds is 1. The molecule has 0 unspecified atom stereocenters. The van der Waals surface area contributed by atoms with E-state index in [2.05, 4.69) is 156 Å². The van der Waals surface area contributed by atoms with Crippen LogP contribution in [0.4, 0.5) is 0 Å². The molecule has 230 valence electrons. The minimum Gasteiger partial charge on any atom is -0.292 e. The maximum atomic E-state index is 5.18. The van der Waals surface area contributed by atoms with Crippen molar-refractivity contribution in [3.63, 3.8) is 0 Å². The van der Waals surface area contributed by atoms with E-state index in [1.165, 1.54) is 66.4 Å². The molecule has 3 nitrogen and oxygen atoms in total. The van der Waals surface area contributed by atoms with E-state index in [0.29, 0.717) is 0 Å². The Morgan fingerprint density at radius 2 is 1.10 bits per heavy atom. The molecule has 0 saturated heterocycles. The Morgan fingerprint density at radius 1 is 0.460 bits per heavy atom. The van der Waals surface area contributed by atoms with Gasteiger partial charge in [-0.2, -0.15) is 0 Å². The molecule has 0 bridgehead atoms. The SMILES string of the molecule is c1ccc2c(c1)-c1ccccc1C21c2ccccc2-c2ccc(-c3ccc4c(c3)c3ccc5cccnc5c3c3nc5ccccc5n43)cc21. The Kier molecular flexibility index (Phi) is 4.91. The van der Waals surface area contributed by atoms with Crippen molar-refractivity contribution in [1.82, 2.24) is 14.4 Å². The van der Waals surface area contributed by atoms with E-state index in [-0.39, 0.29) is 5.41 Å². The van der Waals surface area contributed by atoms with Crippen molar-refractivity contribution in [3.8, 4) is 33.4 Å². The fraction of sp³-hybridized carbons (Fsp3) is 0.0213. The standard InChI is InChI=1S/C47H27N3/c1-4-14-37-31(11-1)32-12-2-5-15-38(32)47(37)39-16-6-3-13-33(39)34-22-20-30(27-40(34)47)29-21-24-42-36(26-29)35-23-19-28-10-9-25-48-45(28)44(35)46-49-41-17-7-8-18-43(41)50(42)46/h1-27H. The lowest BCUT2D eigenvalue weighted by Gasteiger charge is -2.30. The second-order valence-electron chi connectivity index (χ2n) is 13.7. The van der Waals surface area contributed by atoms with Crippen molar-refractivity contribution in [1.29, 1.82) is 0 Å². The van der Waals surface area contributed by atoms with Gasteiger partial charge in [0.1, 0.15) is 5.65 Å². The molecule has 12 rings (SSSR count). The number of pyridine rings is 2. The lowest BCUT2D eigenvalue weighted by atomic mass is 9.70. The summed E-state index contributed by atoms with van der Waals surface area (Å²) in [6.45, 7) is 0. The second-order valence-corrected chi connectivity index (χ2v) is 13.7. The first-order valence-electron chi connectivity index (χ1n) is 17.3. The molecule has 3 aromatic heterocycles. The van der Waals surface area contributed by atoms with Crippen LogP contribution >= 0.6 is 0 Å². The van der Waals surface area contributed by atoms with Gasteiger partial charge in [-0.25, -0.2) is 4.98 Å². The van der Waals surface area contributed by atoms with Crippen LogP contribution in [0.2, 0.25) is 0 Å². The van der Waals surface area contributed by atoms with Crippen molar-refractivity contribution in [2.75, 3.05) is 0 Å². The largest absolute Gasteiger partial charge is 0.292 e. The average Bonchev–Trinajstić information content (AvgIpc) is 3.82. The quantitative estimate of drug-likeness (QED) is 0.168. The van der Waals surface area contributed by atoms with Gasteiger partial charge in [-0.3, -0.25) is 9.38 Å². The fourth-order valence-corrected chi connectivity index (χ4v) is 9.43. The molecule has 0 amide bonds. The number of nitrogens with zero attached hydrogens (tertiary/aromatic N) is 3. The number of aromatic nitrogens is 3. The summed E-state index contributed by atoms with van der Waals surface area (Å²) in [6, 6.07) is 58.1. The van der Waals surface area contributed by atoms with Gasteiger partial charge in [-0.05, 0) is 97.4 Å². The van der Waals surface area contributed by atoms with Gasteiger partial charge in [0.2, 0.25) is 0 Å². The van der Waals surface area contributed by atoms with Crippen molar-refractivity contribution >= 4 is 49.3 Å². The highest BCUT2D eigenvalue weighted by Gasteiger charge is 2.51. The summed E-state index contributed by atoms with van der Waals surface area (Å²) in [5.74, 6) is 0. The normalized spacial score (nSPS) is 13.8. The van der Waals surface area contributed by atoms with Gasteiger partial charge in [0.05, 0.1) is 32.9 Å². The van der Waals surface area contributed by atoms with Gasteiger partial charge in [0.15, 0.2) is 0 Å². The minimum atomic E-state index is -0.370. The Bertz CT molecular complexity index is 3050. The van der Waals surface area contributed by atoms with Crippen molar-refractivity contribution in [2.24, 2.45) is 0 Å². The zero-order valence-corrected chi connectivity index (χ0v) is 26.9. The zero-order valence-electron chi connectivity index (χ0n) is 26.9. The molecule has 0 radical (unpaired) electrons. The van der Waals surface area contributed by atoms with Crippen LogP contribution in [-0.2, 0) is 5.41 Å². The van der Waals surface area contributed by atoms with E-state index < -0.39 is 0 Å². The number of imidazole rings is 1. The summed E-state index contributed by atoms with van der Waals surface area (Å²) >= 11 is 0. The first-order chi connectivity index (χ1) is 24.8. The molecule has 0 fully saturated rings. The number of hydrogen-bond acceptors (Lipinski definition) is 2. The Labute approximate surface area is 287 Å². The summed E-state index contributed by atoms with van der Waals surface area (Å²) < 4.78 is 2.33. The van der Waals surface area contributed by atoms with Gasteiger partial charge in [0, 0.05) is 17.0 Å². The molecule has 1 spiro atoms. The second kappa shape index (κ2) is 9.31. The van der Waals surface area contributed by atoms with Gasteiger partial charge in [-0.1, -0.05) is 121 Å². The fourth-order valence-electron chi connectivity index (χ4n) is 9.43. The van der Waals surface area contributed by atoms with Crippen LogP contribution < -0.4 is 0 Å². The lowest BCUT2D eigenvalue weighted by molar-refractivity contribution is 0.794. The molecule has 3 heterocycles. The third kappa shape index (κ3) is 3.11. The number of benzene rings is 7. The van der Waals surface area contributed by atoms with Gasteiger partial charge in [0.25, 0.3) is 0 Å². The molecule has 2 aliphatic rings. The van der Waals surface area contributed by atoms with E-state index in [1.54, 1.807) is 0 Å². The van der Waals surface area contributed by atoms with E-state index in [0.717, 1.165) is 38.5 Å². The minimum absolute atomic E-state index is 0.370. The maximum Gasteiger partial charge on any atom is 0.148 e. The van der Waals surface area contributed by atoms with Crippen LogP contribution in [0.5, 0.6) is 0 Å². The molecule has 0 N–H and O–H groups in total. The molecule has 3 heteroatoms. The summed E-state index contributed by atoms with van der Waals surface area (Å²) in [7, 11) is 0. The molecule has 0 atom stereocenters. The Balaban J connectivity index is 1.17. The zero-order chi connectivity index (χ0) is 32.6. The highest BCUT2D eigenvalue weighted by Crippen LogP contribution is 2.63. The highest BCUT2D eigenvalue weighted by molar-refractivity contribution is 6.22. The lowest BCUT2D eigenvalue weighted by Crippen LogP contribution is -2.25. The topological polar surface area (TPSA) is 30.2 Å². The molecule has 2 aliphatic carbocycles. The molecule has 0 saturated carbocycles. The predicted molar refractivity (Wildman–Crippen MR) is 205 cm³/mol. The maximum absolute atomic E-state index is 5.18. The van der Waals surface area contributed by atoms with E-state index in [4.69, 9.17) is 9.97 Å². The first-order valence-corrected chi connectivity index (χ1v) is 17.3. The van der Waals surface area contributed by atoms with E-state index >= 15 is 0 Å². The molecule has 0 aliphatic heterocycles. The molecule has 50 heavy (non-hydrogen) atoms. The van der Waals surface area contributed by atoms with Crippen LogP contribution in [0.25, 0.3) is 82.6 Å². The van der Waals surface area contributed by atoms with E-state index in [9.17, 15) is 0 Å². The smallest absolute Gasteiger partial charge is 0.148 e. The van der Waals surface area contributed by atoms with Crippen LogP contribution in [0, 0.1) is 0 Å². The predicted octanol–water partition coefficient (Wildman–Crippen LogP) is 11.4. The average molecular weight is 634 g/mol. The van der Waals surface area contributed by atoms with Gasteiger partial charge < -0.3 is 0 Å². The Morgan fingerprint density at radius 3 is 1.86 bits per heavy atom. The third-order valence-electron chi connectivity index (χ3n) is 11.4. The summed E-state index contributed by atoms with van der Waals surface area (Å²) in [6.07, 6.45) is 1.89. The summed E-state index contributed by atoms with van der Waals surface area (Å²) in [5.41, 5.74) is 17.9. The van der Waals surface area contributed by atoms with Crippen molar-refractivity contribution in [2.45, 2.75) is 5.41 Å². The molecular formula is C47H27N3. The third-order valence-corrected chi connectivity index (χ3v) is 11.4. The molecule has 7 aromatic carbocycles. The van der Waals surface area contributed by atoms with Crippen molar-refractivity contribution in [3.05, 3.63) is 186 Å². The van der Waals surface area contributed by atoms with E-state index in [1.807, 2.05) is 12.3 Å². The van der Waals surface area contributed by atoms with Crippen molar-refractivity contribution < 1.29 is 0 Å². The van der Waals surface area contributed by atoms with Gasteiger partial charge >= 0.3 is 0 Å². The van der Waals surface area contributed by atoms with Gasteiger partial charge in [-0.15, -0.1) is 0 Å². The van der Waals surface area contributed by atoms with Crippen LogP contribution in [0.15, 0.2) is 164 Å². The number of fused-ring (bicyclic) bond motifs is 20. The van der Waals surface area contributed by atoms with Crippen LogP contribution in [0.1, 0.15) is 22.3 Å². The van der Waals surface area contributed by atoms with Crippen LogP contribution in [0.3, 0.4) is 0 Å². The first kappa shape index (κ1) is 26.4. The highest BCUT2D eigenvalue weighted by atomic mass is 15.0. The molecule has 10 aromatic rings.